The Morgan fingerprint density at radius 2 is 2.15 bits per heavy atom. The minimum Gasteiger partial charge on any atom is -0.479 e. The lowest BCUT2D eigenvalue weighted by Crippen LogP contribution is -2.41. The molecule has 1 saturated heterocycles. The van der Waals surface area contributed by atoms with Crippen LogP contribution in [0.25, 0.3) is 0 Å². The van der Waals surface area contributed by atoms with Crippen LogP contribution < -0.4 is 5.32 Å². The van der Waals surface area contributed by atoms with Crippen LogP contribution in [0.4, 0.5) is 0 Å². The largest absolute Gasteiger partial charge is 0.479 e. The van der Waals surface area contributed by atoms with Crippen molar-refractivity contribution in [1.82, 2.24) is 5.32 Å². The first-order valence-electron chi connectivity index (χ1n) is 6.60. The molecule has 1 amide bonds. The maximum atomic E-state index is 12.0. The van der Waals surface area contributed by atoms with Crippen LogP contribution in [0.15, 0.2) is 17.5 Å². The molecule has 0 radical (unpaired) electrons. The fourth-order valence-corrected chi connectivity index (χ4v) is 3.04. The third kappa shape index (κ3) is 3.37. The summed E-state index contributed by atoms with van der Waals surface area (Å²) >= 11 is 1.66. The molecule has 6 heteroatoms. The molecule has 110 valence electrons. The molecule has 1 aliphatic heterocycles. The van der Waals surface area contributed by atoms with Gasteiger partial charge in [0.2, 0.25) is 5.91 Å². The van der Waals surface area contributed by atoms with Gasteiger partial charge < -0.3 is 15.2 Å². The average molecular weight is 297 g/mol. The van der Waals surface area contributed by atoms with Crippen LogP contribution in [0, 0.1) is 0 Å². The van der Waals surface area contributed by atoms with E-state index in [4.69, 9.17) is 9.84 Å². The molecule has 0 aromatic carbocycles. The van der Waals surface area contributed by atoms with Gasteiger partial charge in [-0.05, 0) is 24.3 Å². The van der Waals surface area contributed by atoms with E-state index in [1.54, 1.807) is 11.3 Å². The van der Waals surface area contributed by atoms with Crippen LogP contribution in [0.1, 0.15) is 31.6 Å². The van der Waals surface area contributed by atoms with Crippen LogP contribution in [-0.2, 0) is 19.7 Å². The fraction of sp³-hybridized carbons (Fsp3) is 0.571. The normalized spacial score (nSPS) is 22.7. The number of aliphatic carboxylic acids is 1. The number of carbonyl (C=O) groups is 2. The Bertz CT molecular complexity index is 483. The van der Waals surface area contributed by atoms with E-state index in [1.807, 2.05) is 17.5 Å². The third-order valence-electron chi connectivity index (χ3n) is 3.48. The molecule has 0 spiro atoms. The number of carboxylic acids is 1. The number of ether oxygens (including phenoxy) is 1. The minimum absolute atomic E-state index is 0.144. The average Bonchev–Trinajstić information content (AvgIpc) is 3.06. The second kappa shape index (κ2) is 5.93. The van der Waals surface area contributed by atoms with Gasteiger partial charge in [0.25, 0.3) is 0 Å². The number of hydrogen-bond acceptors (Lipinski definition) is 4. The van der Waals surface area contributed by atoms with Crippen LogP contribution in [0.2, 0.25) is 0 Å². The third-order valence-corrected chi connectivity index (χ3v) is 4.72. The summed E-state index contributed by atoms with van der Waals surface area (Å²) in [4.78, 5) is 24.0. The molecule has 1 fully saturated rings. The Kier molecular flexibility index (Phi) is 4.45. The lowest BCUT2D eigenvalue weighted by molar-refractivity contribution is -0.151. The zero-order chi connectivity index (χ0) is 14.8. The van der Waals surface area contributed by atoms with Gasteiger partial charge in [0.05, 0.1) is 0 Å². The molecule has 2 N–H and O–H groups in total. The summed E-state index contributed by atoms with van der Waals surface area (Å²) in [6.45, 7) is 4.63. The van der Waals surface area contributed by atoms with Gasteiger partial charge in [-0.15, -0.1) is 11.3 Å². The smallest absolute Gasteiger partial charge is 0.332 e. The number of hydrogen-bond donors (Lipinski definition) is 2. The van der Waals surface area contributed by atoms with Crippen molar-refractivity contribution >= 4 is 23.2 Å². The highest BCUT2D eigenvalue weighted by Gasteiger charge is 2.35. The summed E-state index contributed by atoms with van der Waals surface area (Å²) in [6.07, 6.45) is -0.643. The van der Waals surface area contributed by atoms with E-state index < -0.39 is 18.2 Å². The van der Waals surface area contributed by atoms with Crippen molar-refractivity contribution in [2.24, 2.45) is 0 Å². The summed E-state index contributed by atoms with van der Waals surface area (Å²) in [7, 11) is 0. The number of carboxylic acid groups (broad SMARTS) is 1. The summed E-state index contributed by atoms with van der Waals surface area (Å²) in [5.41, 5.74) is -0.144. The Morgan fingerprint density at radius 1 is 1.45 bits per heavy atom. The van der Waals surface area contributed by atoms with Crippen molar-refractivity contribution in [1.29, 1.82) is 0 Å². The second-order valence-corrected chi connectivity index (χ2v) is 6.56. The molecule has 2 atom stereocenters. The lowest BCUT2D eigenvalue weighted by atomic mass is 9.91. The van der Waals surface area contributed by atoms with Gasteiger partial charge in [0.1, 0.15) is 6.10 Å². The maximum absolute atomic E-state index is 12.0. The Hall–Kier alpha value is -1.40. The predicted molar refractivity (Wildman–Crippen MR) is 75.9 cm³/mol. The molecule has 0 aliphatic carbocycles. The SMILES string of the molecule is CC(C)(CNC(=O)[C@@H]1CC[C@H](C(=O)O)O1)c1cccs1. The van der Waals surface area contributed by atoms with Gasteiger partial charge in [0.15, 0.2) is 6.10 Å². The van der Waals surface area contributed by atoms with Gasteiger partial charge in [-0.25, -0.2) is 4.79 Å². The van der Waals surface area contributed by atoms with Crippen LogP contribution in [-0.4, -0.2) is 35.7 Å². The highest BCUT2D eigenvalue weighted by Crippen LogP contribution is 2.27. The second-order valence-electron chi connectivity index (χ2n) is 5.61. The molecular formula is C14H19NO4S. The number of carbonyl (C=O) groups excluding carboxylic acids is 1. The van der Waals surface area contributed by atoms with Crippen molar-refractivity contribution in [2.45, 2.75) is 44.3 Å². The van der Waals surface area contributed by atoms with E-state index in [0.717, 1.165) is 0 Å². The fourth-order valence-electron chi connectivity index (χ4n) is 2.18. The van der Waals surface area contributed by atoms with Crippen LogP contribution in [0.5, 0.6) is 0 Å². The van der Waals surface area contributed by atoms with E-state index >= 15 is 0 Å². The monoisotopic (exact) mass is 297 g/mol. The minimum atomic E-state index is -1.00. The van der Waals surface area contributed by atoms with Crippen LogP contribution >= 0.6 is 11.3 Å². The van der Waals surface area contributed by atoms with E-state index in [2.05, 4.69) is 19.2 Å². The zero-order valence-electron chi connectivity index (χ0n) is 11.6. The van der Waals surface area contributed by atoms with Crippen molar-refractivity contribution in [3.8, 4) is 0 Å². The highest BCUT2D eigenvalue weighted by molar-refractivity contribution is 7.10. The molecule has 1 aromatic heterocycles. The Balaban J connectivity index is 1.85. The quantitative estimate of drug-likeness (QED) is 0.868. The first kappa shape index (κ1) is 15.0. The van der Waals surface area contributed by atoms with Crippen molar-refractivity contribution in [2.75, 3.05) is 6.54 Å². The Labute approximate surface area is 121 Å². The van der Waals surface area contributed by atoms with Crippen LogP contribution in [0.3, 0.4) is 0 Å². The zero-order valence-corrected chi connectivity index (χ0v) is 12.4. The molecule has 1 aromatic rings. The number of rotatable bonds is 5. The number of amides is 1. The highest BCUT2D eigenvalue weighted by atomic mass is 32.1. The topological polar surface area (TPSA) is 75.6 Å². The van der Waals surface area contributed by atoms with E-state index in [-0.39, 0.29) is 11.3 Å². The van der Waals surface area contributed by atoms with Gasteiger partial charge in [-0.2, -0.15) is 0 Å². The molecule has 2 rings (SSSR count). The molecule has 0 saturated carbocycles. The summed E-state index contributed by atoms with van der Waals surface area (Å²) in [6, 6.07) is 4.03. The number of thiophene rings is 1. The van der Waals surface area contributed by atoms with Gasteiger partial charge in [-0.1, -0.05) is 19.9 Å². The number of nitrogens with one attached hydrogen (secondary N) is 1. The summed E-state index contributed by atoms with van der Waals surface area (Å²) in [5, 5.41) is 13.7. The molecule has 20 heavy (non-hydrogen) atoms. The molecule has 0 bridgehead atoms. The van der Waals surface area contributed by atoms with E-state index in [1.165, 1.54) is 4.88 Å². The van der Waals surface area contributed by atoms with Gasteiger partial charge >= 0.3 is 5.97 Å². The standard InChI is InChI=1S/C14H19NO4S/c1-14(2,11-4-3-7-20-11)8-15-12(16)9-5-6-10(19-9)13(17)18/h3-4,7,9-10H,5-6,8H2,1-2H3,(H,15,16)(H,17,18)/t9-,10+/m0/s1. The predicted octanol–water partition coefficient (Wildman–Crippen LogP) is 1.77. The first-order chi connectivity index (χ1) is 9.40. The Morgan fingerprint density at radius 3 is 2.70 bits per heavy atom. The maximum Gasteiger partial charge on any atom is 0.332 e. The summed E-state index contributed by atoms with van der Waals surface area (Å²) in [5.74, 6) is -1.22. The lowest BCUT2D eigenvalue weighted by Gasteiger charge is -2.24. The summed E-state index contributed by atoms with van der Waals surface area (Å²) < 4.78 is 5.23. The molecule has 2 heterocycles. The van der Waals surface area contributed by atoms with Crippen molar-refractivity contribution < 1.29 is 19.4 Å². The van der Waals surface area contributed by atoms with Gasteiger partial charge in [0, 0.05) is 16.8 Å². The van der Waals surface area contributed by atoms with Gasteiger partial charge in [-0.3, -0.25) is 4.79 Å². The van der Waals surface area contributed by atoms with E-state index in [0.29, 0.717) is 19.4 Å². The van der Waals surface area contributed by atoms with Crippen molar-refractivity contribution in [3.05, 3.63) is 22.4 Å². The van der Waals surface area contributed by atoms with E-state index in [9.17, 15) is 9.59 Å². The molecule has 5 nitrogen and oxygen atoms in total. The first-order valence-corrected chi connectivity index (χ1v) is 7.48. The molecule has 1 aliphatic rings. The molecule has 0 unspecified atom stereocenters. The molecular weight excluding hydrogens is 278 g/mol. The van der Waals surface area contributed by atoms with Crippen molar-refractivity contribution in [3.63, 3.8) is 0 Å².